The molecule has 0 aromatic carbocycles. The number of allylic oxidation sites excluding steroid dienone is 3. The molecule has 12 heavy (non-hydrogen) atoms. The summed E-state index contributed by atoms with van der Waals surface area (Å²) in [6, 6.07) is 0. The zero-order valence-electron chi connectivity index (χ0n) is 7.84. The van der Waals surface area contributed by atoms with Crippen molar-refractivity contribution in [2.24, 2.45) is 0 Å². The maximum Gasteiger partial charge on any atom is 0.0468 e. The van der Waals surface area contributed by atoms with E-state index < -0.39 is 0 Å². The van der Waals surface area contributed by atoms with E-state index in [9.17, 15) is 0 Å². The van der Waals surface area contributed by atoms with Gasteiger partial charge in [0.25, 0.3) is 0 Å². The Morgan fingerprint density at radius 3 is 3.00 bits per heavy atom. The summed E-state index contributed by atoms with van der Waals surface area (Å²) in [6.45, 7) is 2.36. The van der Waals surface area contributed by atoms with Crippen molar-refractivity contribution >= 4 is 0 Å². The number of aliphatic hydroxyl groups is 1. The second kappa shape index (κ2) is 5.15. The summed E-state index contributed by atoms with van der Waals surface area (Å²) in [6.07, 6.45) is 10.5. The van der Waals surface area contributed by atoms with Gasteiger partial charge in [0, 0.05) is 6.61 Å². The first-order valence-corrected chi connectivity index (χ1v) is 4.80. The maximum atomic E-state index is 8.71. The zero-order chi connectivity index (χ0) is 8.81. The van der Waals surface area contributed by atoms with Gasteiger partial charge in [0.05, 0.1) is 0 Å². The molecule has 0 radical (unpaired) electrons. The number of hydrogen-bond donors (Lipinski definition) is 1. The summed E-state index contributed by atoms with van der Waals surface area (Å²) < 4.78 is 0. The lowest BCUT2D eigenvalue weighted by atomic mass is 9.97. The van der Waals surface area contributed by atoms with E-state index in [4.69, 9.17) is 5.11 Å². The average Bonchev–Trinajstić information content (AvgIpc) is 2.06. The zero-order valence-corrected chi connectivity index (χ0v) is 7.84. The fourth-order valence-electron chi connectivity index (χ4n) is 1.56. The quantitative estimate of drug-likeness (QED) is 0.683. The Morgan fingerprint density at radius 1 is 1.58 bits per heavy atom. The van der Waals surface area contributed by atoms with Crippen molar-refractivity contribution in [1.29, 1.82) is 0 Å². The molecule has 1 N–H and O–H groups in total. The third-order valence-corrected chi connectivity index (χ3v) is 2.26. The van der Waals surface area contributed by atoms with Gasteiger partial charge >= 0.3 is 0 Å². The summed E-state index contributed by atoms with van der Waals surface area (Å²) in [5.74, 6) is 0. The van der Waals surface area contributed by atoms with Crippen molar-refractivity contribution < 1.29 is 5.11 Å². The standard InChI is InChI=1S/C11H18O/c1-10(7-8-12)9-11-5-3-2-4-6-11/h5,9,12H,2-4,6-8H2,1H3. The maximum absolute atomic E-state index is 8.71. The molecule has 1 nitrogen and oxygen atoms in total. The van der Waals surface area contributed by atoms with E-state index in [0.29, 0.717) is 0 Å². The molecule has 0 aromatic heterocycles. The Morgan fingerprint density at radius 2 is 2.42 bits per heavy atom. The van der Waals surface area contributed by atoms with Crippen molar-refractivity contribution in [2.75, 3.05) is 6.61 Å². The molecule has 1 heteroatoms. The van der Waals surface area contributed by atoms with Crippen LogP contribution in [0.3, 0.4) is 0 Å². The topological polar surface area (TPSA) is 20.2 Å². The lowest BCUT2D eigenvalue weighted by molar-refractivity contribution is 0.299. The number of aliphatic hydroxyl groups excluding tert-OH is 1. The minimum Gasteiger partial charge on any atom is -0.396 e. The minimum absolute atomic E-state index is 0.273. The molecule has 0 bridgehead atoms. The van der Waals surface area contributed by atoms with E-state index in [1.165, 1.54) is 36.8 Å². The van der Waals surface area contributed by atoms with Gasteiger partial charge in [0.15, 0.2) is 0 Å². The first-order valence-electron chi connectivity index (χ1n) is 4.80. The first-order chi connectivity index (χ1) is 5.83. The molecular formula is C11H18O. The Balaban J connectivity index is 2.46. The van der Waals surface area contributed by atoms with Gasteiger partial charge in [-0.1, -0.05) is 23.3 Å². The smallest absolute Gasteiger partial charge is 0.0468 e. The van der Waals surface area contributed by atoms with Crippen molar-refractivity contribution in [2.45, 2.75) is 39.0 Å². The van der Waals surface area contributed by atoms with Gasteiger partial charge in [-0.25, -0.2) is 0 Å². The molecule has 0 aliphatic heterocycles. The summed E-state index contributed by atoms with van der Waals surface area (Å²) >= 11 is 0. The van der Waals surface area contributed by atoms with E-state index in [-0.39, 0.29) is 6.61 Å². The van der Waals surface area contributed by atoms with Crippen LogP contribution in [0.1, 0.15) is 39.0 Å². The summed E-state index contributed by atoms with van der Waals surface area (Å²) in [4.78, 5) is 0. The van der Waals surface area contributed by atoms with Crippen LogP contribution in [0.4, 0.5) is 0 Å². The Hall–Kier alpha value is -0.560. The summed E-state index contributed by atoms with van der Waals surface area (Å²) in [5.41, 5.74) is 2.76. The van der Waals surface area contributed by atoms with Crippen LogP contribution in [0.5, 0.6) is 0 Å². The lowest BCUT2D eigenvalue weighted by Crippen LogP contribution is -1.91. The number of hydrogen-bond acceptors (Lipinski definition) is 1. The van der Waals surface area contributed by atoms with Crippen LogP contribution >= 0.6 is 0 Å². The molecule has 0 spiro atoms. The van der Waals surface area contributed by atoms with E-state index in [2.05, 4.69) is 19.1 Å². The predicted octanol–water partition coefficient (Wildman–Crippen LogP) is 2.82. The van der Waals surface area contributed by atoms with Crippen LogP contribution in [-0.4, -0.2) is 11.7 Å². The van der Waals surface area contributed by atoms with Crippen LogP contribution in [0.25, 0.3) is 0 Å². The first kappa shape index (κ1) is 9.53. The molecule has 1 aliphatic rings. The summed E-state index contributed by atoms with van der Waals surface area (Å²) in [7, 11) is 0. The van der Waals surface area contributed by atoms with Gasteiger partial charge < -0.3 is 5.11 Å². The highest BCUT2D eigenvalue weighted by atomic mass is 16.2. The largest absolute Gasteiger partial charge is 0.396 e. The molecule has 0 aromatic rings. The Labute approximate surface area is 74.8 Å². The molecular weight excluding hydrogens is 148 g/mol. The van der Waals surface area contributed by atoms with E-state index >= 15 is 0 Å². The molecule has 0 fully saturated rings. The molecule has 0 saturated carbocycles. The SMILES string of the molecule is CC(=CC1=CCCCC1)CCO. The Kier molecular flexibility index (Phi) is 4.09. The molecule has 0 unspecified atom stereocenters. The van der Waals surface area contributed by atoms with Crippen LogP contribution in [-0.2, 0) is 0 Å². The van der Waals surface area contributed by atoms with Gasteiger partial charge in [0.1, 0.15) is 0 Å². The van der Waals surface area contributed by atoms with Gasteiger partial charge in [-0.3, -0.25) is 0 Å². The van der Waals surface area contributed by atoms with Crippen molar-refractivity contribution in [3.8, 4) is 0 Å². The molecule has 68 valence electrons. The normalized spacial score (nSPS) is 19.2. The van der Waals surface area contributed by atoms with Gasteiger partial charge in [-0.05, 0) is 39.0 Å². The van der Waals surface area contributed by atoms with Crippen LogP contribution < -0.4 is 0 Å². The van der Waals surface area contributed by atoms with Crippen molar-refractivity contribution in [3.63, 3.8) is 0 Å². The monoisotopic (exact) mass is 166 g/mol. The van der Waals surface area contributed by atoms with E-state index in [1.54, 1.807) is 0 Å². The fourth-order valence-corrected chi connectivity index (χ4v) is 1.56. The minimum atomic E-state index is 0.273. The predicted molar refractivity (Wildman–Crippen MR) is 52.0 cm³/mol. The van der Waals surface area contributed by atoms with Gasteiger partial charge in [-0.2, -0.15) is 0 Å². The molecule has 0 saturated heterocycles. The second-order valence-electron chi connectivity index (χ2n) is 3.49. The highest BCUT2D eigenvalue weighted by molar-refractivity contribution is 5.23. The van der Waals surface area contributed by atoms with Gasteiger partial charge in [0.2, 0.25) is 0 Å². The van der Waals surface area contributed by atoms with Gasteiger partial charge in [-0.15, -0.1) is 0 Å². The lowest BCUT2D eigenvalue weighted by Gasteiger charge is -2.09. The summed E-state index contributed by atoms with van der Waals surface area (Å²) in [5, 5.41) is 8.71. The second-order valence-corrected chi connectivity index (χ2v) is 3.49. The van der Waals surface area contributed by atoms with Crippen molar-refractivity contribution in [3.05, 3.63) is 23.3 Å². The van der Waals surface area contributed by atoms with Crippen LogP contribution in [0.15, 0.2) is 23.3 Å². The van der Waals surface area contributed by atoms with Crippen LogP contribution in [0, 0.1) is 0 Å². The number of rotatable bonds is 3. The molecule has 0 atom stereocenters. The highest BCUT2D eigenvalue weighted by Crippen LogP contribution is 2.19. The molecule has 0 amide bonds. The molecule has 1 rings (SSSR count). The molecule has 0 heterocycles. The van der Waals surface area contributed by atoms with Crippen LogP contribution in [0.2, 0.25) is 0 Å². The van der Waals surface area contributed by atoms with E-state index in [0.717, 1.165) is 6.42 Å². The average molecular weight is 166 g/mol. The molecule has 1 aliphatic carbocycles. The highest BCUT2D eigenvalue weighted by Gasteiger charge is 2.00. The fraction of sp³-hybridized carbons (Fsp3) is 0.636. The third kappa shape index (κ3) is 3.22. The Bertz CT molecular complexity index is 189. The van der Waals surface area contributed by atoms with E-state index in [1.807, 2.05) is 0 Å². The third-order valence-electron chi connectivity index (χ3n) is 2.26. The van der Waals surface area contributed by atoms with Crippen molar-refractivity contribution in [1.82, 2.24) is 0 Å².